The second-order valence-corrected chi connectivity index (χ2v) is 3.30. The number of ether oxygens (including phenoxy) is 3. The number of nitrogens with zero attached hydrogens (tertiary/aromatic N) is 2. The lowest BCUT2D eigenvalue weighted by Crippen LogP contribution is -2.09. The van der Waals surface area contributed by atoms with E-state index < -0.39 is 0 Å². The normalized spacial score (nSPS) is 9.88. The summed E-state index contributed by atoms with van der Waals surface area (Å²) >= 11 is 0. The van der Waals surface area contributed by atoms with Crippen LogP contribution in [0.4, 0.5) is 0 Å². The molecule has 5 heteroatoms. The number of aromatic nitrogens is 1. The third-order valence-electron chi connectivity index (χ3n) is 1.98. The molecule has 0 bridgehead atoms. The summed E-state index contributed by atoms with van der Waals surface area (Å²) in [5.41, 5.74) is 0.538. The second kappa shape index (κ2) is 8.50. The highest BCUT2D eigenvalue weighted by atomic mass is 16.5. The molecule has 0 saturated heterocycles. The quantitative estimate of drug-likeness (QED) is 0.638. The number of hydrogen-bond acceptors (Lipinski definition) is 5. The van der Waals surface area contributed by atoms with Gasteiger partial charge in [0.25, 0.3) is 0 Å². The van der Waals surface area contributed by atoms with Crippen LogP contribution in [0.2, 0.25) is 0 Å². The third-order valence-corrected chi connectivity index (χ3v) is 1.98. The maximum atomic E-state index is 8.68. The van der Waals surface area contributed by atoms with Crippen molar-refractivity contribution in [2.24, 2.45) is 0 Å². The van der Waals surface area contributed by atoms with Gasteiger partial charge in [0.2, 0.25) is 5.88 Å². The van der Waals surface area contributed by atoms with E-state index in [0.29, 0.717) is 37.9 Å². The molecule has 1 heterocycles. The molecule has 1 aromatic heterocycles. The van der Waals surface area contributed by atoms with Crippen LogP contribution in [-0.4, -0.2) is 38.5 Å². The van der Waals surface area contributed by atoms with Crippen LogP contribution in [0.1, 0.15) is 12.0 Å². The monoisotopic (exact) mass is 236 g/mol. The molecule has 92 valence electrons. The van der Waals surface area contributed by atoms with E-state index in [9.17, 15) is 0 Å². The predicted molar refractivity (Wildman–Crippen MR) is 61.8 cm³/mol. The molecule has 0 saturated carbocycles. The van der Waals surface area contributed by atoms with E-state index in [1.54, 1.807) is 25.4 Å². The Bertz CT molecular complexity index is 363. The van der Waals surface area contributed by atoms with Gasteiger partial charge in [-0.25, -0.2) is 4.98 Å². The number of hydrogen-bond donors (Lipinski definition) is 0. The van der Waals surface area contributed by atoms with Crippen molar-refractivity contribution >= 4 is 0 Å². The summed E-state index contributed by atoms with van der Waals surface area (Å²) in [7, 11) is 1.66. The lowest BCUT2D eigenvalue weighted by atomic mass is 10.3. The summed E-state index contributed by atoms with van der Waals surface area (Å²) in [5, 5.41) is 8.68. The molecule has 0 atom stereocenters. The Morgan fingerprint density at radius 3 is 2.94 bits per heavy atom. The zero-order chi connectivity index (χ0) is 12.3. The highest BCUT2D eigenvalue weighted by Gasteiger charge is 1.97. The molecule has 0 spiro atoms. The Hall–Kier alpha value is -1.64. The van der Waals surface area contributed by atoms with E-state index in [1.165, 1.54) is 0 Å². The number of methoxy groups -OCH3 is 1. The second-order valence-electron chi connectivity index (χ2n) is 3.30. The molecule has 0 aromatic carbocycles. The van der Waals surface area contributed by atoms with Crippen molar-refractivity contribution in [3.63, 3.8) is 0 Å². The van der Waals surface area contributed by atoms with Gasteiger partial charge in [0.1, 0.15) is 6.61 Å². The van der Waals surface area contributed by atoms with Crippen LogP contribution < -0.4 is 4.74 Å². The molecule has 0 N–H and O–H groups in total. The van der Waals surface area contributed by atoms with E-state index >= 15 is 0 Å². The Morgan fingerprint density at radius 2 is 2.18 bits per heavy atom. The van der Waals surface area contributed by atoms with Crippen molar-refractivity contribution < 1.29 is 14.2 Å². The summed E-state index contributed by atoms with van der Waals surface area (Å²) in [4.78, 5) is 3.99. The van der Waals surface area contributed by atoms with Gasteiger partial charge >= 0.3 is 0 Å². The fourth-order valence-corrected chi connectivity index (χ4v) is 1.17. The summed E-state index contributed by atoms with van der Waals surface area (Å²) in [5.74, 6) is 0.449. The van der Waals surface area contributed by atoms with Gasteiger partial charge in [0.05, 0.1) is 18.2 Å². The summed E-state index contributed by atoms with van der Waals surface area (Å²) < 4.78 is 15.5. The van der Waals surface area contributed by atoms with E-state index in [-0.39, 0.29) is 0 Å². The fraction of sp³-hybridized carbons (Fsp3) is 0.500. The number of pyridine rings is 1. The van der Waals surface area contributed by atoms with Gasteiger partial charge in [-0.2, -0.15) is 5.26 Å². The van der Waals surface area contributed by atoms with Crippen LogP contribution in [0.25, 0.3) is 0 Å². The standard InChI is InChI=1S/C12H16N2O3/c1-15-5-2-6-16-7-8-17-12-9-11(10-13)3-4-14-12/h3-4,9H,2,5-8H2,1H3. The van der Waals surface area contributed by atoms with Gasteiger partial charge in [-0.1, -0.05) is 0 Å². The van der Waals surface area contributed by atoms with Crippen LogP contribution >= 0.6 is 0 Å². The van der Waals surface area contributed by atoms with Gasteiger partial charge in [-0.05, 0) is 12.5 Å². The molecule has 0 fully saturated rings. The largest absolute Gasteiger partial charge is 0.475 e. The molecule has 0 amide bonds. The van der Waals surface area contributed by atoms with Gasteiger partial charge in [0.15, 0.2) is 0 Å². The minimum absolute atomic E-state index is 0.425. The first-order valence-corrected chi connectivity index (χ1v) is 5.42. The SMILES string of the molecule is COCCCOCCOc1cc(C#N)ccn1. The average Bonchev–Trinajstić information content (AvgIpc) is 2.38. The van der Waals surface area contributed by atoms with Crippen molar-refractivity contribution in [2.45, 2.75) is 6.42 Å². The Kier molecular flexibility index (Phi) is 6.72. The van der Waals surface area contributed by atoms with Gasteiger partial charge in [0, 0.05) is 32.6 Å². The van der Waals surface area contributed by atoms with Crippen molar-refractivity contribution in [3.05, 3.63) is 23.9 Å². The van der Waals surface area contributed by atoms with Crippen LogP contribution in [0.5, 0.6) is 5.88 Å². The van der Waals surface area contributed by atoms with E-state index in [4.69, 9.17) is 19.5 Å². The van der Waals surface area contributed by atoms with Gasteiger partial charge < -0.3 is 14.2 Å². The van der Waals surface area contributed by atoms with Gasteiger partial charge in [-0.3, -0.25) is 0 Å². The molecule has 0 aliphatic rings. The minimum atomic E-state index is 0.425. The highest BCUT2D eigenvalue weighted by molar-refractivity contribution is 5.31. The van der Waals surface area contributed by atoms with Crippen LogP contribution in [-0.2, 0) is 9.47 Å². The first kappa shape index (κ1) is 13.4. The first-order valence-electron chi connectivity index (χ1n) is 5.42. The molecule has 0 aliphatic heterocycles. The van der Waals surface area contributed by atoms with Crippen LogP contribution in [0.15, 0.2) is 18.3 Å². The van der Waals surface area contributed by atoms with Crippen molar-refractivity contribution in [2.75, 3.05) is 33.5 Å². The maximum absolute atomic E-state index is 8.68. The van der Waals surface area contributed by atoms with E-state index in [0.717, 1.165) is 6.42 Å². The Morgan fingerprint density at radius 1 is 1.29 bits per heavy atom. The van der Waals surface area contributed by atoms with E-state index in [2.05, 4.69) is 4.98 Å². The summed E-state index contributed by atoms with van der Waals surface area (Å²) in [6.07, 6.45) is 2.42. The molecular weight excluding hydrogens is 220 g/mol. The zero-order valence-electron chi connectivity index (χ0n) is 9.89. The first-order chi connectivity index (χ1) is 8.36. The lowest BCUT2D eigenvalue weighted by molar-refractivity contribution is 0.0795. The topological polar surface area (TPSA) is 64.4 Å². The fourth-order valence-electron chi connectivity index (χ4n) is 1.17. The molecule has 0 aliphatic carbocycles. The predicted octanol–water partition coefficient (Wildman–Crippen LogP) is 1.39. The summed E-state index contributed by atoms with van der Waals surface area (Å²) in [6.45, 7) is 2.28. The van der Waals surface area contributed by atoms with Crippen molar-refractivity contribution in [1.29, 1.82) is 5.26 Å². The Labute approximate surface area is 101 Å². The Balaban J connectivity index is 2.12. The molecule has 0 unspecified atom stereocenters. The van der Waals surface area contributed by atoms with Crippen LogP contribution in [0.3, 0.4) is 0 Å². The van der Waals surface area contributed by atoms with Gasteiger partial charge in [-0.15, -0.1) is 0 Å². The molecule has 17 heavy (non-hydrogen) atoms. The molecule has 0 radical (unpaired) electrons. The third kappa shape index (κ3) is 5.85. The van der Waals surface area contributed by atoms with Crippen molar-refractivity contribution in [3.8, 4) is 11.9 Å². The molecule has 1 rings (SSSR count). The number of nitriles is 1. The maximum Gasteiger partial charge on any atom is 0.214 e. The minimum Gasteiger partial charge on any atom is -0.475 e. The van der Waals surface area contributed by atoms with Crippen molar-refractivity contribution in [1.82, 2.24) is 4.98 Å². The molecule has 5 nitrogen and oxygen atoms in total. The number of rotatable bonds is 8. The van der Waals surface area contributed by atoms with Crippen LogP contribution in [0, 0.1) is 11.3 Å². The molecular formula is C12H16N2O3. The highest BCUT2D eigenvalue weighted by Crippen LogP contribution is 2.07. The molecule has 1 aromatic rings. The smallest absolute Gasteiger partial charge is 0.214 e. The van der Waals surface area contributed by atoms with E-state index in [1.807, 2.05) is 6.07 Å². The zero-order valence-corrected chi connectivity index (χ0v) is 9.89. The lowest BCUT2D eigenvalue weighted by Gasteiger charge is -2.06. The average molecular weight is 236 g/mol. The summed E-state index contributed by atoms with van der Waals surface area (Å²) in [6, 6.07) is 5.26.